The van der Waals surface area contributed by atoms with Crippen LogP contribution in [0.25, 0.3) is 0 Å². The summed E-state index contributed by atoms with van der Waals surface area (Å²) in [5.41, 5.74) is 9.15. The van der Waals surface area contributed by atoms with E-state index in [0.717, 1.165) is 18.8 Å². The molecule has 84 valence electrons. The van der Waals surface area contributed by atoms with E-state index < -0.39 is 0 Å². The monoisotopic (exact) mass is 206 g/mol. The van der Waals surface area contributed by atoms with Gasteiger partial charge in [-0.15, -0.1) is 0 Å². The van der Waals surface area contributed by atoms with Crippen molar-refractivity contribution < 1.29 is 0 Å². The van der Waals surface area contributed by atoms with Gasteiger partial charge in [-0.25, -0.2) is 0 Å². The van der Waals surface area contributed by atoms with E-state index in [0.29, 0.717) is 0 Å². The van der Waals surface area contributed by atoms with Gasteiger partial charge in [0.25, 0.3) is 0 Å². The summed E-state index contributed by atoms with van der Waals surface area (Å²) >= 11 is 0. The lowest BCUT2D eigenvalue weighted by molar-refractivity contribution is 0.732. The third-order valence-electron chi connectivity index (χ3n) is 2.78. The van der Waals surface area contributed by atoms with Crippen LogP contribution in [0.15, 0.2) is 18.2 Å². The third-order valence-corrected chi connectivity index (χ3v) is 2.78. The van der Waals surface area contributed by atoms with Gasteiger partial charge in [-0.05, 0) is 44.0 Å². The second-order valence-corrected chi connectivity index (χ2v) is 3.97. The standard InChI is InChI=1S/C13H22N2/c1-4-6-9-15(5-2)12-7-8-13(14)11(3)10-12/h7-8,10H,4-6,9,14H2,1-3H3. The van der Waals surface area contributed by atoms with Crippen LogP contribution >= 0.6 is 0 Å². The van der Waals surface area contributed by atoms with E-state index >= 15 is 0 Å². The van der Waals surface area contributed by atoms with Crippen LogP contribution in [0.4, 0.5) is 11.4 Å². The molecule has 0 spiro atoms. The Balaban J connectivity index is 2.78. The molecule has 0 amide bonds. The molecule has 2 nitrogen and oxygen atoms in total. The van der Waals surface area contributed by atoms with Gasteiger partial charge in [0.1, 0.15) is 0 Å². The number of benzene rings is 1. The maximum Gasteiger partial charge on any atom is 0.0370 e. The highest BCUT2D eigenvalue weighted by atomic mass is 15.1. The Bertz CT molecular complexity index is 307. The van der Waals surface area contributed by atoms with Crippen molar-refractivity contribution >= 4 is 11.4 Å². The fraction of sp³-hybridized carbons (Fsp3) is 0.538. The van der Waals surface area contributed by atoms with Crippen molar-refractivity contribution in [2.75, 3.05) is 23.7 Å². The molecule has 2 N–H and O–H groups in total. The summed E-state index contributed by atoms with van der Waals surface area (Å²) in [6.07, 6.45) is 2.49. The number of unbranched alkanes of at least 4 members (excludes halogenated alkanes) is 1. The number of aryl methyl sites for hydroxylation is 1. The molecule has 0 fully saturated rings. The second kappa shape index (κ2) is 5.64. The lowest BCUT2D eigenvalue weighted by atomic mass is 10.1. The van der Waals surface area contributed by atoms with E-state index in [-0.39, 0.29) is 0 Å². The van der Waals surface area contributed by atoms with E-state index in [4.69, 9.17) is 5.73 Å². The average Bonchev–Trinajstić information content (AvgIpc) is 2.24. The minimum Gasteiger partial charge on any atom is -0.399 e. The molecule has 0 saturated carbocycles. The first-order valence-corrected chi connectivity index (χ1v) is 5.80. The summed E-state index contributed by atoms with van der Waals surface area (Å²) in [7, 11) is 0. The molecule has 0 heterocycles. The van der Waals surface area contributed by atoms with Gasteiger partial charge in [-0.3, -0.25) is 0 Å². The zero-order chi connectivity index (χ0) is 11.3. The van der Waals surface area contributed by atoms with Crippen molar-refractivity contribution in [1.29, 1.82) is 0 Å². The van der Waals surface area contributed by atoms with Crippen molar-refractivity contribution in [3.05, 3.63) is 23.8 Å². The molecule has 0 aliphatic rings. The van der Waals surface area contributed by atoms with Crippen molar-refractivity contribution in [2.45, 2.75) is 33.6 Å². The van der Waals surface area contributed by atoms with Gasteiger partial charge in [0.05, 0.1) is 0 Å². The van der Waals surface area contributed by atoms with Gasteiger partial charge in [-0.1, -0.05) is 13.3 Å². The van der Waals surface area contributed by atoms with Gasteiger partial charge in [0, 0.05) is 24.5 Å². The number of nitrogens with zero attached hydrogens (tertiary/aromatic N) is 1. The van der Waals surface area contributed by atoms with Gasteiger partial charge in [-0.2, -0.15) is 0 Å². The van der Waals surface area contributed by atoms with Gasteiger partial charge >= 0.3 is 0 Å². The molecule has 0 unspecified atom stereocenters. The van der Waals surface area contributed by atoms with E-state index in [9.17, 15) is 0 Å². The molecule has 0 saturated heterocycles. The van der Waals surface area contributed by atoms with Crippen LogP contribution in [0.5, 0.6) is 0 Å². The third kappa shape index (κ3) is 3.15. The zero-order valence-corrected chi connectivity index (χ0v) is 10.1. The Morgan fingerprint density at radius 1 is 1.27 bits per heavy atom. The number of rotatable bonds is 5. The topological polar surface area (TPSA) is 29.3 Å². The van der Waals surface area contributed by atoms with E-state index in [1.54, 1.807) is 0 Å². The summed E-state index contributed by atoms with van der Waals surface area (Å²) < 4.78 is 0. The van der Waals surface area contributed by atoms with Crippen LogP contribution < -0.4 is 10.6 Å². The molecule has 1 aromatic carbocycles. The van der Waals surface area contributed by atoms with Crippen LogP contribution in [-0.4, -0.2) is 13.1 Å². The van der Waals surface area contributed by atoms with Crippen molar-refractivity contribution in [2.24, 2.45) is 0 Å². The maximum atomic E-state index is 5.81. The fourth-order valence-corrected chi connectivity index (χ4v) is 1.68. The van der Waals surface area contributed by atoms with Gasteiger partial charge in [0.2, 0.25) is 0 Å². The van der Waals surface area contributed by atoms with Crippen LogP contribution in [0.1, 0.15) is 32.3 Å². The number of anilines is 2. The first-order valence-electron chi connectivity index (χ1n) is 5.80. The number of nitrogen functional groups attached to an aromatic ring is 1. The second-order valence-electron chi connectivity index (χ2n) is 3.97. The van der Waals surface area contributed by atoms with Crippen LogP contribution in [0.3, 0.4) is 0 Å². The van der Waals surface area contributed by atoms with Crippen molar-refractivity contribution in [3.8, 4) is 0 Å². The van der Waals surface area contributed by atoms with E-state index in [1.165, 1.54) is 24.1 Å². The van der Waals surface area contributed by atoms with Crippen molar-refractivity contribution in [1.82, 2.24) is 0 Å². The van der Waals surface area contributed by atoms with Crippen molar-refractivity contribution in [3.63, 3.8) is 0 Å². The normalized spacial score (nSPS) is 10.3. The molecule has 0 radical (unpaired) electrons. The van der Waals surface area contributed by atoms with E-state index in [1.807, 2.05) is 6.07 Å². The van der Waals surface area contributed by atoms with E-state index in [2.05, 4.69) is 37.8 Å². The Labute approximate surface area is 93.1 Å². The summed E-state index contributed by atoms with van der Waals surface area (Å²) in [6, 6.07) is 6.29. The van der Waals surface area contributed by atoms with Crippen LogP contribution in [0.2, 0.25) is 0 Å². The lowest BCUT2D eigenvalue weighted by Gasteiger charge is -2.23. The first kappa shape index (κ1) is 11.9. The molecule has 0 bridgehead atoms. The maximum absolute atomic E-state index is 5.81. The largest absolute Gasteiger partial charge is 0.399 e. The highest BCUT2D eigenvalue weighted by Gasteiger charge is 2.04. The Morgan fingerprint density at radius 2 is 2.00 bits per heavy atom. The molecular weight excluding hydrogens is 184 g/mol. The van der Waals surface area contributed by atoms with Crippen LogP contribution in [0, 0.1) is 6.92 Å². The SMILES string of the molecule is CCCCN(CC)c1ccc(N)c(C)c1. The summed E-state index contributed by atoms with van der Waals surface area (Å²) in [5.74, 6) is 0. The molecule has 0 aliphatic heterocycles. The Hall–Kier alpha value is -1.18. The fourth-order valence-electron chi connectivity index (χ4n) is 1.68. The molecule has 0 atom stereocenters. The smallest absolute Gasteiger partial charge is 0.0370 e. The molecule has 15 heavy (non-hydrogen) atoms. The zero-order valence-electron chi connectivity index (χ0n) is 10.1. The van der Waals surface area contributed by atoms with Gasteiger partial charge in [0.15, 0.2) is 0 Å². The molecule has 2 heteroatoms. The predicted molar refractivity (Wildman–Crippen MR) is 68.4 cm³/mol. The predicted octanol–water partition coefficient (Wildman–Crippen LogP) is 3.20. The quantitative estimate of drug-likeness (QED) is 0.750. The molecule has 1 rings (SSSR count). The lowest BCUT2D eigenvalue weighted by Crippen LogP contribution is -2.23. The Morgan fingerprint density at radius 3 is 2.53 bits per heavy atom. The number of hydrogen-bond donors (Lipinski definition) is 1. The first-order chi connectivity index (χ1) is 7.19. The van der Waals surface area contributed by atoms with Gasteiger partial charge < -0.3 is 10.6 Å². The number of nitrogens with two attached hydrogens (primary N) is 1. The number of hydrogen-bond acceptors (Lipinski definition) is 2. The summed E-state index contributed by atoms with van der Waals surface area (Å²) in [6.45, 7) is 8.68. The Kier molecular flexibility index (Phi) is 4.47. The minimum absolute atomic E-state index is 0.880. The molecule has 1 aromatic rings. The average molecular weight is 206 g/mol. The molecular formula is C13H22N2. The summed E-state index contributed by atoms with van der Waals surface area (Å²) in [5, 5.41) is 0. The highest BCUT2D eigenvalue weighted by Crippen LogP contribution is 2.20. The highest BCUT2D eigenvalue weighted by molar-refractivity contribution is 5.57. The minimum atomic E-state index is 0.880. The van der Waals surface area contributed by atoms with Crippen LogP contribution in [-0.2, 0) is 0 Å². The summed E-state index contributed by atoms with van der Waals surface area (Å²) in [4.78, 5) is 2.40. The molecule has 0 aromatic heterocycles. The molecule has 0 aliphatic carbocycles.